The van der Waals surface area contributed by atoms with Crippen molar-refractivity contribution >= 4 is 21.5 Å². The van der Waals surface area contributed by atoms with Crippen molar-refractivity contribution in [3.63, 3.8) is 0 Å². The molecule has 2 aromatic carbocycles. The predicted octanol–water partition coefficient (Wildman–Crippen LogP) is 1.59. The van der Waals surface area contributed by atoms with Crippen molar-refractivity contribution < 1.29 is 83.5 Å². The molecule has 9 nitrogen and oxygen atoms in total. The molecule has 36 heavy (non-hydrogen) atoms. The van der Waals surface area contributed by atoms with Crippen molar-refractivity contribution in [3.05, 3.63) is 75.9 Å². The van der Waals surface area contributed by atoms with E-state index in [0.29, 0.717) is 0 Å². The molecule has 200 valence electrons. The van der Waals surface area contributed by atoms with E-state index in [9.17, 15) is 72.7 Å². The lowest BCUT2D eigenvalue weighted by Crippen LogP contribution is -3.61. The molecule has 0 saturated heterocycles. The molecule has 0 radical (unpaired) electrons. The third kappa shape index (κ3) is 6.72. The number of benzene rings is 2. The first-order valence-electron chi connectivity index (χ1n) is 8.35. The molecule has 0 aliphatic rings. The average molecular weight is 670 g/mol. The molecule has 0 N–H and O–H groups in total. The van der Waals surface area contributed by atoms with Gasteiger partial charge in [-0.05, 0) is 12.1 Å². The second-order valence-electron chi connectivity index (χ2n) is 6.19. The molecule has 20 heteroatoms. The van der Waals surface area contributed by atoms with Crippen molar-refractivity contribution in [3.8, 4) is 0 Å². The summed E-state index contributed by atoms with van der Waals surface area (Å²) in [5.41, 5.74) is 0.0882. The van der Waals surface area contributed by atoms with E-state index in [1.807, 2.05) is 0 Å². The van der Waals surface area contributed by atoms with Gasteiger partial charge in [-0.25, -0.2) is 8.42 Å². The number of hydrogen-bond acceptors (Lipinski definition) is 7. The minimum atomic E-state index is -7.43. The van der Waals surface area contributed by atoms with Crippen molar-refractivity contribution in [1.82, 2.24) is 0 Å². The highest BCUT2D eigenvalue weighted by Crippen LogP contribution is 2.54. The standard InChI is InChI=1S/C12H8IN2O4.C4HF9O3S/c16-14(17)11-5-1-3-9(7-11)13-10-4-2-6-12(8-10)15(18)19;5-1(6,3(9,10)11)2(7,8)4(12,13)17(14,15)16/h1-8H;(H,14,15,16)/q+1;/p-1. The van der Waals surface area contributed by atoms with E-state index < -0.39 is 64.4 Å². The quantitative estimate of drug-likeness (QED) is 0.143. The first-order chi connectivity index (χ1) is 16.1. The van der Waals surface area contributed by atoms with Gasteiger partial charge in [0.1, 0.15) is 0 Å². The molecule has 0 fully saturated rings. The van der Waals surface area contributed by atoms with Crippen molar-refractivity contribution in [2.75, 3.05) is 0 Å². The molecule has 0 unspecified atom stereocenters. The Kier molecular flexibility index (Phi) is 9.30. The maximum Gasteiger partial charge on any atom is 0.460 e. The van der Waals surface area contributed by atoms with Crippen LogP contribution in [0.3, 0.4) is 0 Å². The van der Waals surface area contributed by atoms with Crippen LogP contribution in [-0.2, 0) is 10.1 Å². The summed E-state index contributed by atoms with van der Waals surface area (Å²) >= 11 is -0.665. The molecule has 0 aliphatic carbocycles. The molecule has 0 spiro atoms. The van der Waals surface area contributed by atoms with E-state index in [1.165, 1.54) is 24.3 Å². The Morgan fingerprint density at radius 1 is 0.694 bits per heavy atom. The maximum absolute atomic E-state index is 12.2. The number of nitro groups is 2. The molecule has 0 aromatic heterocycles. The van der Waals surface area contributed by atoms with Crippen LogP contribution in [0.25, 0.3) is 0 Å². The van der Waals surface area contributed by atoms with Crippen LogP contribution in [0.15, 0.2) is 48.5 Å². The van der Waals surface area contributed by atoms with Crippen LogP contribution in [0.4, 0.5) is 50.9 Å². The summed E-state index contributed by atoms with van der Waals surface area (Å²) in [7, 11) is -7.42. The molecule has 0 amide bonds. The molecule has 0 heterocycles. The number of halogens is 10. The van der Waals surface area contributed by atoms with E-state index in [-0.39, 0.29) is 11.4 Å². The molecule has 0 bridgehead atoms. The van der Waals surface area contributed by atoms with Gasteiger partial charge in [0.25, 0.3) is 11.4 Å². The Bertz CT molecular complexity index is 1180. The molecule has 2 aromatic rings. The zero-order valence-electron chi connectivity index (χ0n) is 16.6. The smallest absolute Gasteiger partial charge is 0.460 e. The van der Waals surface area contributed by atoms with Gasteiger partial charge in [-0.1, -0.05) is 12.1 Å². The first-order valence-corrected chi connectivity index (χ1v) is 11.9. The molecular formula is C16H8F9IN2O7S. The van der Waals surface area contributed by atoms with Crippen LogP contribution in [0, 0.1) is 27.4 Å². The largest absolute Gasteiger partial charge is 0.743 e. The van der Waals surface area contributed by atoms with Crippen LogP contribution >= 0.6 is 0 Å². The van der Waals surface area contributed by atoms with E-state index in [1.54, 1.807) is 24.3 Å². The Hall–Kier alpha value is -2.75. The van der Waals surface area contributed by atoms with Crippen LogP contribution in [0.2, 0.25) is 0 Å². The molecule has 0 atom stereocenters. The minimum absolute atomic E-state index is 0.0441. The summed E-state index contributed by atoms with van der Waals surface area (Å²) in [6.45, 7) is 0. The van der Waals surface area contributed by atoms with Crippen molar-refractivity contribution in [2.24, 2.45) is 0 Å². The number of rotatable bonds is 7. The van der Waals surface area contributed by atoms with Gasteiger partial charge >= 0.3 is 44.5 Å². The normalized spacial score (nSPS) is 12.9. The van der Waals surface area contributed by atoms with Gasteiger partial charge < -0.3 is 4.55 Å². The van der Waals surface area contributed by atoms with Crippen LogP contribution < -0.4 is 21.2 Å². The summed E-state index contributed by atoms with van der Waals surface area (Å²) in [6.07, 6.45) is -7.16. The fraction of sp³-hybridized carbons (Fsp3) is 0.250. The monoisotopic (exact) mass is 670 g/mol. The molecule has 0 saturated carbocycles. The van der Waals surface area contributed by atoms with Crippen molar-refractivity contribution in [2.45, 2.75) is 23.3 Å². The van der Waals surface area contributed by atoms with Gasteiger partial charge in [-0.3, -0.25) is 20.2 Å². The zero-order chi connectivity index (χ0) is 28.3. The highest BCUT2D eigenvalue weighted by atomic mass is 127. The zero-order valence-corrected chi connectivity index (χ0v) is 19.5. The number of nitro benzene ring substituents is 2. The van der Waals surface area contributed by atoms with E-state index in [0.717, 1.165) is 7.14 Å². The third-order valence-electron chi connectivity index (χ3n) is 3.69. The first kappa shape index (κ1) is 31.3. The number of alkyl halides is 9. The Balaban J connectivity index is 0.000000363. The molecule has 2 rings (SSSR count). The summed E-state index contributed by atoms with van der Waals surface area (Å²) in [5.74, 6) is -14.8. The topological polar surface area (TPSA) is 143 Å². The highest BCUT2D eigenvalue weighted by Gasteiger charge is 2.83. The molecular weight excluding hydrogens is 662 g/mol. The highest BCUT2D eigenvalue weighted by molar-refractivity contribution is 7.86. The maximum atomic E-state index is 12.2. The van der Waals surface area contributed by atoms with Gasteiger partial charge in [-0.2, -0.15) is 39.5 Å². The van der Waals surface area contributed by atoms with Gasteiger partial charge in [0.2, 0.25) is 7.14 Å². The van der Waals surface area contributed by atoms with Gasteiger partial charge in [0.15, 0.2) is 10.1 Å². The lowest BCUT2D eigenvalue weighted by Gasteiger charge is -2.34. The Morgan fingerprint density at radius 3 is 1.33 bits per heavy atom. The van der Waals surface area contributed by atoms with Gasteiger partial charge in [0.05, 0.1) is 22.0 Å². The lowest BCUT2D eigenvalue weighted by molar-refractivity contribution is -0.598. The summed E-state index contributed by atoms with van der Waals surface area (Å²) < 4.78 is 137. The van der Waals surface area contributed by atoms with Gasteiger partial charge in [0, 0.05) is 12.1 Å². The number of nitrogens with zero attached hydrogens (tertiary/aromatic N) is 2. The summed E-state index contributed by atoms with van der Waals surface area (Å²) in [4.78, 5) is 20.5. The fourth-order valence-corrected chi connectivity index (χ4v) is 4.83. The lowest BCUT2D eigenvalue weighted by atomic mass is 10.1. The summed E-state index contributed by atoms with van der Waals surface area (Å²) in [6, 6.07) is 12.8. The van der Waals surface area contributed by atoms with Crippen LogP contribution in [0.5, 0.6) is 0 Å². The van der Waals surface area contributed by atoms with Crippen LogP contribution in [-0.4, -0.2) is 46.1 Å². The van der Waals surface area contributed by atoms with Crippen molar-refractivity contribution in [1.29, 1.82) is 0 Å². The molecule has 0 aliphatic heterocycles. The van der Waals surface area contributed by atoms with E-state index in [2.05, 4.69) is 0 Å². The van der Waals surface area contributed by atoms with Crippen LogP contribution in [0.1, 0.15) is 0 Å². The van der Waals surface area contributed by atoms with Gasteiger partial charge in [-0.15, -0.1) is 0 Å². The second kappa shape index (κ2) is 10.7. The second-order valence-corrected chi connectivity index (χ2v) is 10.6. The minimum Gasteiger partial charge on any atom is -0.743 e. The predicted molar refractivity (Wildman–Crippen MR) is 94.2 cm³/mol. The number of non-ortho nitro benzene ring substituents is 2. The van der Waals surface area contributed by atoms with E-state index >= 15 is 0 Å². The Labute approximate surface area is 204 Å². The summed E-state index contributed by atoms with van der Waals surface area (Å²) in [5, 5.41) is 14.2. The SMILES string of the molecule is O=S(=O)([O-])C(F)(F)C(F)(F)C(F)(F)C(F)(F)F.O=[N+]([O-])c1cccc([I+]c2cccc([N+](=O)[O-])c2)c1. The average Bonchev–Trinajstić information content (AvgIpc) is 2.72. The third-order valence-corrected chi connectivity index (χ3v) is 7.16. The fourth-order valence-electron chi connectivity index (χ4n) is 1.94. The van der Waals surface area contributed by atoms with E-state index in [4.69, 9.17) is 0 Å². The Morgan fingerprint density at radius 2 is 1.06 bits per heavy atom. The number of hydrogen-bond donors (Lipinski definition) is 0.